The highest BCUT2D eigenvalue weighted by Gasteiger charge is 2.19. The number of anilines is 1. The van der Waals surface area contributed by atoms with Crippen LogP contribution in [0.4, 0.5) is 17.1 Å². The lowest BCUT2D eigenvalue weighted by Gasteiger charge is -2.07. The maximum absolute atomic E-state index is 10.8. The van der Waals surface area contributed by atoms with Crippen LogP contribution < -0.4 is 5.32 Å². The van der Waals surface area contributed by atoms with E-state index in [-0.39, 0.29) is 5.69 Å². The summed E-state index contributed by atoms with van der Waals surface area (Å²) in [6.45, 7) is 5.04. The van der Waals surface area contributed by atoms with Gasteiger partial charge in [-0.15, -0.1) is 0 Å². The first kappa shape index (κ1) is 10.2. The fourth-order valence-electron chi connectivity index (χ4n) is 1.30. The Morgan fingerprint density at radius 2 is 2.21 bits per heavy atom. The molecule has 1 rings (SSSR count). The van der Waals surface area contributed by atoms with Crippen LogP contribution in [0.5, 0.6) is 0 Å². The number of hydrogen-bond acceptors (Lipinski definition) is 4. The standard InChI is InChI=1S/C9H11N3O2/c1-6-4-5-7(10-2)8(11-3)9(6)12(13)14/h4-5,11H,2H2,1,3H3. The molecule has 0 saturated carbocycles. The zero-order valence-electron chi connectivity index (χ0n) is 8.07. The summed E-state index contributed by atoms with van der Waals surface area (Å²) in [4.78, 5) is 14.1. The molecular formula is C9H11N3O2. The topological polar surface area (TPSA) is 67.5 Å². The largest absolute Gasteiger partial charge is 0.381 e. The third-order valence-corrected chi connectivity index (χ3v) is 1.96. The summed E-state index contributed by atoms with van der Waals surface area (Å²) in [6.07, 6.45) is 0. The van der Waals surface area contributed by atoms with Gasteiger partial charge in [0, 0.05) is 12.6 Å². The lowest BCUT2D eigenvalue weighted by atomic mass is 10.1. The molecule has 0 bridgehead atoms. The molecule has 14 heavy (non-hydrogen) atoms. The molecule has 0 radical (unpaired) electrons. The Kier molecular flexibility index (Phi) is 2.81. The Bertz CT molecular complexity index is 388. The summed E-state index contributed by atoms with van der Waals surface area (Å²) in [7, 11) is 1.62. The maximum Gasteiger partial charge on any atom is 0.297 e. The monoisotopic (exact) mass is 193 g/mol. The van der Waals surface area contributed by atoms with Gasteiger partial charge in [0.1, 0.15) is 5.69 Å². The van der Waals surface area contributed by atoms with Crippen molar-refractivity contribution in [1.29, 1.82) is 0 Å². The number of nitrogens with zero attached hydrogens (tertiary/aromatic N) is 2. The lowest BCUT2D eigenvalue weighted by molar-refractivity contribution is -0.384. The SMILES string of the molecule is C=Nc1ccc(C)c([N+](=O)[O-])c1NC. The first-order chi connectivity index (χ1) is 6.61. The van der Waals surface area contributed by atoms with Crippen molar-refractivity contribution < 1.29 is 4.92 Å². The van der Waals surface area contributed by atoms with E-state index in [2.05, 4.69) is 17.0 Å². The van der Waals surface area contributed by atoms with Crippen LogP contribution in [-0.2, 0) is 0 Å². The van der Waals surface area contributed by atoms with Gasteiger partial charge in [-0.25, -0.2) is 0 Å². The smallest absolute Gasteiger partial charge is 0.297 e. The molecule has 0 aliphatic carbocycles. The average molecular weight is 193 g/mol. The Hall–Kier alpha value is -1.91. The molecule has 1 aromatic carbocycles. The van der Waals surface area contributed by atoms with Crippen molar-refractivity contribution in [3.05, 3.63) is 27.8 Å². The number of rotatable bonds is 3. The van der Waals surface area contributed by atoms with E-state index in [9.17, 15) is 10.1 Å². The van der Waals surface area contributed by atoms with Crippen molar-refractivity contribution in [2.75, 3.05) is 12.4 Å². The van der Waals surface area contributed by atoms with Crippen LogP contribution in [0.2, 0.25) is 0 Å². The number of nitro benzene ring substituents is 1. The number of benzene rings is 1. The minimum Gasteiger partial charge on any atom is -0.381 e. The highest BCUT2D eigenvalue weighted by Crippen LogP contribution is 2.36. The van der Waals surface area contributed by atoms with Crippen LogP contribution in [0, 0.1) is 17.0 Å². The van der Waals surface area contributed by atoms with Crippen molar-refractivity contribution in [2.45, 2.75) is 6.92 Å². The van der Waals surface area contributed by atoms with Crippen LogP contribution in [0.15, 0.2) is 17.1 Å². The molecule has 5 nitrogen and oxygen atoms in total. The third-order valence-electron chi connectivity index (χ3n) is 1.96. The van der Waals surface area contributed by atoms with E-state index in [0.29, 0.717) is 16.9 Å². The van der Waals surface area contributed by atoms with Crippen LogP contribution in [0.25, 0.3) is 0 Å². The molecule has 1 N–H and O–H groups in total. The molecule has 0 aromatic heterocycles. The Balaban J connectivity index is 3.50. The molecule has 74 valence electrons. The number of nitrogens with one attached hydrogen (secondary N) is 1. The first-order valence-electron chi connectivity index (χ1n) is 4.04. The molecule has 0 heterocycles. The number of aryl methyl sites for hydroxylation is 1. The summed E-state index contributed by atoms with van der Waals surface area (Å²) < 4.78 is 0. The van der Waals surface area contributed by atoms with Crippen molar-refractivity contribution in [3.8, 4) is 0 Å². The quantitative estimate of drug-likeness (QED) is 0.455. The minimum atomic E-state index is -0.421. The predicted octanol–water partition coefficient (Wildman–Crippen LogP) is 2.28. The summed E-state index contributed by atoms with van der Waals surface area (Å²) in [5.74, 6) is 0. The zero-order valence-corrected chi connectivity index (χ0v) is 8.07. The van der Waals surface area contributed by atoms with Gasteiger partial charge in [0.2, 0.25) is 0 Å². The number of hydrogen-bond donors (Lipinski definition) is 1. The van der Waals surface area contributed by atoms with Gasteiger partial charge in [0.15, 0.2) is 0 Å². The lowest BCUT2D eigenvalue weighted by Crippen LogP contribution is -1.99. The summed E-state index contributed by atoms with van der Waals surface area (Å²) in [6, 6.07) is 3.35. The first-order valence-corrected chi connectivity index (χ1v) is 4.04. The van der Waals surface area contributed by atoms with Gasteiger partial charge >= 0.3 is 0 Å². The number of nitro groups is 1. The minimum absolute atomic E-state index is 0.0531. The summed E-state index contributed by atoms with van der Waals surface area (Å²) in [5, 5.41) is 13.5. The van der Waals surface area contributed by atoms with E-state index >= 15 is 0 Å². The Morgan fingerprint density at radius 3 is 2.64 bits per heavy atom. The average Bonchev–Trinajstić information content (AvgIpc) is 2.16. The van der Waals surface area contributed by atoms with E-state index in [1.165, 1.54) is 0 Å². The Labute approximate surface area is 81.6 Å². The summed E-state index contributed by atoms with van der Waals surface area (Å²) in [5.41, 5.74) is 1.55. The molecule has 0 fully saturated rings. The molecule has 0 aliphatic rings. The molecule has 5 heteroatoms. The second-order valence-corrected chi connectivity index (χ2v) is 2.79. The molecule has 0 saturated heterocycles. The van der Waals surface area contributed by atoms with Gasteiger partial charge in [-0.2, -0.15) is 0 Å². The van der Waals surface area contributed by atoms with Gasteiger partial charge in [0.05, 0.1) is 10.6 Å². The van der Waals surface area contributed by atoms with Crippen molar-refractivity contribution >= 4 is 23.8 Å². The number of aliphatic imine (C=N–C) groups is 1. The maximum atomic E-state index is 10.8. The Morgan fingerprint density at radius 1 is 1.57 bits per heavy atom. The highest BCUT2D eigenvalue weighted by atomic mass is 16.6. The normalized spacial score (nSPS) is 9.57. The van der Waals surface area contributed by atoms with Crippen LogP contribution >= 0.6 is 0 Å². The fraction of sp³-hybridized carbons (Fsp3) is 0.222. The van der Waals surface area contributed by atoms with E-state index in [4.69, 9.17) is 0 Å². The highest BCUT2D eigenvalue weighted by molar-refractivity contribution is 5.79. The fourth-order valence-corrected chi connectivity index (χ4v) is 1.30. The molecule has 0 unspecified atom stereocenters. The molecule has 1 aromatic rings. The van der Waals surface area contributed by atoms with Crippen molar-refractivity contribution in [1.82, 2.24) is 0 Å². The van der Waals surface area contributed by atoms with Gasteiger partial charge in [-0.3, -0.25) is 15.1 Å². The van der Waals surface area contributed by atoms with E-state index in [0.717, 1.165) is 0 Å². The van der Waals surface area contributed by atoms with Crippen LogP contribution in [0.3, 0.4) is 0 Å². The van der Waals surface area contributed by atoms with Crippen molar-refractivity contribution in [3.63, 3.8) is 0 Å². The zero-order chi connectivity index (χ0) is 10.7. The van der Waals surface area contributed by atoms with Gasteiger partial charge in [-0.1, -0.05) is 6.07 Å². The predicted molar refractivity (Wildman–Crippen MR) is 56.6 cm³/mol. The van der Waals surface area contributed by atoms with Gasteiger partial charge in [-0.05, 0) is 19.7 Å². The summed E-state index contributed by atoms with van der Waals surface area (Å²) >= 11 is 0. The van der Waals surface area contributed by atoms with Crippen LogP contribution in [0.1, 0.15) is 5.56 Å². The molecule has 0 aliphatic heterocycles. The van der Waals surface area contributed by atoms with Gasteiger partial charge in [0.25, 0.3) is 5.69 Å². The second kappa shape index (κ2) is 3.87. The van der Waals surface area contributed by atoms with Crippen molar-refractivity contribution in [2.24, 2.45) is 4.99 Å². The van der Waals surface area contributed by atoms with Crippen LogP contribution in [-0.4, -0.2) is 18.7 Å². The van der Waals surface area contributed by atoms with Gasteiger partial charge < -0.3 is 5.32 Å². The molecular weight excluding hydrogens is 182 g/mol. The van der Waals surface area contributed by atoms with E-state index in [1.807, 2.05) is 0 Å². The third kappa shape index (κ3) is 1.56. The van der Waals surface area contributed by atoms with E-state index in [1.54, 1.807) is 26.1 Å². The second-order valence-electron chi connectivity index (χ2n) is 2.79. The molecule has 0 amide bonds. The molecule has 0 atom stereocenters. The van der Waals surface area contributed by atoms with E-state index < -0.39 is 4.92 Å². The molecule has 0 spiro atoms.